The molecule has 4 nitrogen and oxygen atoms in total. The molecular weight excluding hydrogens is 470 g/mol. The van der Waals surface area contributed by atoms with E-state index in [4.69, 9.17) is 33.3 Å². The fraction of sp³-hybridized carbons (Fsp3) is 0.158. The molecule has 2 aromatic rings. The Balaban J connectivity index is 1.88. The summed E-state index contributed by atoms with van der Waals surface area (Å²) in [5.41, 5.74) is 1.48. The van der Waals surface area contributed by atoms with Crippen LogP contribution in [-0.4, -0.2) is 23.9 Å². The fourth-order valence-electron chi connectivity index (χ4n) is 2.52. The predicted octanol–water partition coefficient (Wildman–Crippen LogP) is 5.92. The number of benzene rings is 2. The summed E-state index contributed by atoms with van der Waals surface area (Å²) in [6.07, 6.45) is 1.81. The molecule has 1 aliphatic heterocycles. The molecule has 0 N–H and O–H groups in total. The number of hydrogen-bond acceptors (Lipinski definition) is 5. The van der Waals surface area contributed by atoms with Crippen LogP contribution in [0.15, 0.2) is 45.8 Å². The second kappa shape index (κ2) is 8.65. The van der Waals surface area contributed by atoms with Gasteiger partial charge in [-0.05, 0) is 64.8 Å². The molecule has 0 saturated carbocycles. The second-order valence-corrected chi connectivity index (χ2v) is 8.40. The maximum Gasteiger partial charge on any atom is 0.270 e. The van der Waals surface area contributed by atoms with Crippen molar-refractivity contribution in [2.75, 3.05) is 18.6 Å². The quantitative estimate of drug-likeness (QED) is 0.389. The first-order valence-electron chi connectivity index (χ1n) is 7.98. The largest absolute Gasteiger partial charge is 0.495 e. The summed E-state index contributed by atoms with van der Waals surface area (Å²) in [6.45, 7) is 2.51. The molecule has 8 heteroatoms. The highest BCUT2D eigenvalue weighted by Gasteiger charge is 2.33. The summed E-state index contributed by atoms with van der Waals surface area (Å²) >= 11 is 16.3. The van der Waals surface area contributed by atoms with Gasteiger partial charge in [0, 0.05) is 0 Å². The number of nitrogens with zero attached hydrogens (tertiary/aromatic N) is 1. The van der Waals surface area contributed by atoms with E-state index in [9.17, 15) is 4.79 Å². The number of thiocarbonyl (C=S) groups is 1. The third-order valence-corrected chi connectivity index (χ3v) is 5.96. The highest BCUT2D eigenvalue weighted by Crippen LogP contribution is 2.39. The Bertz CT molecular complexity index is 949. The Labute approximate surface area is 180 Å². The average molecular weight is 485 g/mol. The van der Waals surface area contributed by atoms with E-state index in [2.05, 4.69) is 15.9 Å². The van der Waals surface area contributed by atoms with Crippen molar-refractivity contribution >= 4 is 73.5 Å². The summed E-state index contributed by atoms with van der Waals surface area (Å²) in [5.74, 6) is 1.12. The van der Waals surface area contributed by atoms with Gasteiger partial charge in [0.15, 0.2) is 4.32 Å². The van der Waals surface area contributed by atoms with Gasteiger partial charge in [0.1, 0.15) is 11.5 Å². The minimum absolute atomic E-state index is 0.184. The number of carbonyl (C=O) groups excluding carboxylic acids is 1. The van der Waals surface area contributed by atoms with E-state index in [1.807, 2.05) is 31.2 Å². The van der Waals surface area contributed by atoms with Gasteiger partial charge in [-0.2, -0.15) is 0 Å². The lowest BCUT2D eigenvalue weighted by atomic mass is 10.2. The van der Waals surface area contributed by atoms with Gasteiger partial charge in [-0.3, -0.25) is 9.69 Å². The monoisotopic (exact) mass is 483 g/mol. The van der Waals surface area contributed by atoms with Gasteiger partial charge in [0.05, 0.1) is 33.8 Å². The minimum Gasteiger partial charge on any atom is -0.495 e. The third kappa shape index (κ3) is 4.32. The van der Waals surface area contributed by atoms with E-state index in [1.54, 1.807) is 18.2 Å². The highest BCUT2D eigenvalue weighted by atomic mass is 79.9. The molecule has 1 heterocycles. The Hall–Kier alpha value is -1.54. The van der Waals surface area contributed by atoms with Crippen LogP contribution in [0, 0.1) is 0 Å². The third-order valence-electron chi connectivity index (χ3n) is 3.74. The van der Waals surface area contributed by atoms with Gasteiger partial charge in [-0.15, -0.1) is 0 Å². The van der Waals surface area contributed by atoms with Crippen LogP contribution in [0.3, 0.4) is 0 Å². The van der Waals surface area contributed by atoms with E-state index in [0.717, 1.165) is 15.8 Å². The number of anilines is 1. The molecule has 1 saturated heterocycles. The first-order valence-corrected chi connectivity index (χ1v) is 10.4. The Morgan fingerprint density at radius 1 is 1.26 bits per heavy atom. The van der Waals surface area contributed by atoms with Crippen LogP contribution in [0.25, 0.3) is 6.08 Å². The number of rotatable bonds is 5. The van der Waals surface area contributed by atoms with Crippen LogP contribution in [-0.2, 0) is 4.79 Å². The number of thioether (sulfide) groups is 1. The molecule has 0 aliphatic carbocycles. The molecule has 0 unspecified atom stereocenters. The minimum atomic E-state index is -0.184. The zero-order valence-corrected chi connectivity index (χ0v) is 18.5. The van der Waals surface area contributed by atoms with Crippen LogP contribution in [0.2, 0.25) is 5.02 Å². The summed E-state index contributed by atoms with van der Waals surface area (Å²) in [5, 5.41) is 0.420. The highest BCUT2D eigenvalue weighted by molar-refractivity contribution is 9.10. The van der Waals surface area contributed by atoms with E-state index >= 15 is 0 Å². The number of halogens is 2. The number of hydrogen-bond donors (Lipinski definition) is 0. The number of carbonyl (C=O) groups is 1. The Morgan fingerprint density at radius 2 is 2.00 bits per heavy atom. The van der Waals surface area contributed by atoms with E-state index in [-0.39, 0.29) is 5.91 Å². The maximum absolute atomic E-state index is 12.9. The molecule has 1 aliphatic rings. The van der Waals surface area contributed by atoms with Crippen molar-refractivity contribution in [3.8, 4) is 11.5 Å². The summed E-state index contributed by atoms with van der Waals surface area (Å²) in [4.78, 5) is 14.9. The molecule has 27 heavy (non-hydrogen) atoms. The summed E-state index contributed by atoms with van der Waals surface area (Å²) in [7, 11) is 1.54. The predicted molar refractivity (Wildman–Crippen MR) is 119 cm³/mol. The van der Waals surface area contributed by atoms with Gasteiger partial charge in [-0.1, -0.05) is 41.6 Å². The number of amides is 1. The molecule has 140 valence electrons. The van der Waals surface area contributed by atoms with Gasteiger partial charge in [0.25, 0.3) is 5.91 Å². The Kier molecular flexibility index (Phi) is 6.47. The SMILES string of the molecule is CCOc1ccc(/C=C2\SC(=S)N(c3ccc(OC)c(Cl)c3)C2=O)cc1Br. The normalized spacial score (nSPS) is 15.6. The van der Waals surface area contributed by atoms with Crippen LogP contribution in [0.5, 0.6) is 11.5 Å². The standard InChI is InChI=1S/C19H15BrClNO3S2/c1-3-25-15-6-4-11(8-13(15)20)9-17-18(23)22(19(26)27-17)12-5-7-16(24-2)14(21)10-12/h4-10H,3H2,1-2H3/b17-9-. The van der Waals surface area contributed by atoms with Gasteiger partial charge >= 0.3 is 0 Å². The molecule has 3 rings (SSSR count). The van der Waals surface area contributed by atoms with E-state index in [1.165, 1.54) is 23.8 Å². The van der Waals surface area contributed by atoms with Gasteiger partial charge < -0.3 is 9.47 Å². The molecular formula is C19H15BrClNO3S2. The first kappa shape index (κ1) is 20.2. The lowest BCUT2D eigenvalue weighted by molar-refractivity contribution is -0.113. The van der Waals surface area contributed by atoms with Crippen LogP contribution in [0.4, 0.5) is 5.69 Å². The molecule has 2 aromatic carbocycles. The molecule has 0 aromatic heterocycles. The van der Waals surface area contributed by atoms with Crippen molar-refractivity contribution in [1.29, 1.82) is 0 Å². The zero-order chi connectivity index (χ0) is 19.6. The topological polar surface area (TPSA) is 38.8 Å². The molecule has 0 atom stereocenters. The second-order valence-electron chi connectivity index (χ2n) is 5.46. The Morgan fingerprint density at radius 3 is 2.63 bits per heavy atom. The number of methoxy groups -OCH3 is 1. The van der Waals surface area contributed by atoms with Crippen molar-refractivity contribution in [1.82, 2.24) is 0 Å². The molecule has 0 bridgehead atoms. The molecule has 0 radical (unpaired) electrons. The fourth-order valence-corrected chi connectivity index (χ4v) is 4.58. The van der Waals surface area contributed by atoms with Crippen molar-refractivity contribution in [3.63, 3.8) is 0 Å². The number of ether oxygens (including phenoxy) is 2. The zero-order valence-electron chi connectivity index (χ0n) is 14.5. The van der Waals surface area contributed by atoms with Crippen LogP contribution < -0.4 is 14.4 Å². The van der Waals surface area contributed by atoms with E-state index in [0.29, 0.717) is 32.3 Å². The van der Waals surface area contributed by atoms with Crippen molar-refractivity contribution in [2.24, 2.45) is 0 Å². The smallest absolute Gasteiger partial charge is 0.270 e. The lowest BCUT2D eigenvalue weighted by Gasteiger charge is -2.15. The molecule has 1 amide bonds. The van der Waals surface area contributed by atoms with Crippen LogP contribution in [0.1, 0.15) is 12.5 Å². The summed E-state index contributed by atoms with van der Waals surface area (Å²) in [6, 6.07) is 10.8. The molecule has 1 fully saturated rings. The van der Waals surface area contributed by atoms with Crippen molar-refractivity contribution < 1.29 is 14.3 Å². The van der Waals surface area contributed by atoms with Gasteiger partial charge in [0.2, 0.25) is 0 Å². The van der Waals surface area contributed by atoms with Gasteiger partial charge in [-0.25, -0.2) is 0 Å². The van der Waals surface area contributed by atoms with Crippen molar-refractivity contribution in [2.45, 2.75) is 6.92 Å². The molecule has 0 spiro atoms. The lowest BCUT2D eigenvalue weighted by Crippen LogP contribution is -2.27. The van der Waals surface area contributed by atoms with E-state index < -0.39 is 0 Å². The summed E-state index contributed by atoms with van der Waals surface area (Å²) < 4.78 is 12.0. The average Bonchev–Trinajstić information content (AvgIpc) is 2.91. The first-order chi connectivity index (χ1) is 12.9. The van der Waals surface area contributed by atoms with Crippen LogP contribution >= 0.6 is 51.5 Å². The van der Waals surface area contributed by atoms with Crippen molar-refractivity contribution in [3.05, 3.63) is 56.4 Å². The maximum atomic E-state index is 12.9.